The Morgan fingerprint density at radius 1 is 2.25 bits per heavy atom. The van der Waals surface area contributed by atoms with Crippen molar-refractivity contribution in [3.63, 3.8) is 0 Å². The maximum absolute atomic E-state index is 11.2. The first-order chi connectivity index (χ1) is 2.27. The van der Waals surface area contributed by atoms with Crippen molar-refractivity contribution in [3.8, 4) is 0 Å². The van der Waals surface area contributed by atoms with E-state index in [1.54, 1.807) is 0 Å². The number of hydrogen-bond acceptors (Lipinski definition) is 0. The molecule has 4 heavy (non-hydrogen) atoms. The van der Waals surface area contributed by atoms with Crippen molar-refractivity contribution in [2.45, 2.75) is 0 Å². The summed E-state index contributed by atoms with van der Waals surface area (Å²) in [6.45, 7) is 0. The lowest BCUT2D eigenvalue weighted by atomic mass is 18.9. The fourth-order valence-electron chi connectivity index (χ4n) is 0. The summed E-state index contributed by atoms with van der Waals surface area (Å²) in [6, 6.07) is 0. The van der Waals surface area contributed by atoms with Crippen molar-refractivity contribution >= 4 is 25.4 Å². The van der Waals surface area contributed by atoms with Crippen LogP contribution in [0.25, 0.3) is 0 Å². The summed E-state index contributed by atoms with van der Waals surface area (Å²) < 4.78 is 17.4. The monoisotopic (exact) mass is 118 g/mol. The molecule has 0 spiro atoms. The second-order valence-corrected chi connectivity index (χ2v) is 4.25. The van der Waals surface area contributed by atoms with E-state index in [1.807, 2.05) is 0 Å². The Balaban J connectivity index is 2.54. The topological polar surface area (TPSA) is 0 Å². The van der Waals surface area contributed by atoms with Crippen LogP contribution in [-0.4, -0.2) is 1.28 Å². The molecule has 26 valence electrons. The van der Waals surface area contributed by atoms with Crippen LogP contribution in [0.5, 0.6) is 0 Å². The van der Waals surface area contributed by atoms with Crippen molar-refractivity contribution in [1.82, 2.24) is 0 Å². The Labute approximate surface area is 31.9 Å². The van der Waals surface area contributed by atoms with Crippen molar-refractivity contribution < 1.29 is 4.20 Å². The Hall–Kier alpha value is 1.22. The highest BCUT2D eigenvalue weighted by Gasteiger charge is 1.59. The average molecular weight is 118 g/mol. The molecule has 0 fully saturated rings. The molecule has 0 aromatic rings. The van der Waals surface area contributed by atoms with Gasteiger partial charge in [0.05, 0.1) is 9.80 Å². The molecule has 0 aliphatic rings. The van der Waals surface area contributed by atoms with E-state index < -0.39 is 8.53 Å². The summed E-state index contributed by atoms with van der Waals surface area (Å²) in [5, 5.41) is 0. The van der Waals surface area contributed by atoms with Crippen molar-refractivity contribution in [2.75, 3.05) is 0 Å². The molecule has 0 radical (unpaired) electrons. The third-order valence-corrected chi connectivity index (χ3v) is 1.32. The van der Waals surface area contributed by atoms with E-state index >= 15 is 0 Å². The first-order valence-corrected chi connectivity index (χ1v) is 5.12. The fourth-order valence-corrected chi connectivity index (χ4v) is 0. The lowest BCUT2D eigenvalue weighted by Crippen LogP contribution is -0.836. The molecule has 4 heteroatoms. The largest absolute Gasteiger partial charge is 0.226 e. The van der Waals surface area contributed by atoms with Crippen LogP contribution in [0, 0.1) is 0 Å². The van der Waals surface area contributed by atoms with Gasteiger partial charge in [-0.3, -0.25) is 0 Å². The minimum absolute atomic E-state index is 0.0957. The molecule has 0 aliphatic carbocycles. The van der Waals surface area contributed by atoms with Crippen LogP contribution in [0.1, 0.15) is 0 Å². The van der Waals surface area contributed by atoms with Gasteiger partial charge in [-0.1, -0.05) is 0 Å². The lowest BCUT2D eigenvalue weighted by Gasteiger charge is -1.65. The Morgan fingerprint density at radius 3 is 2.50 bits per heavy atom. The molecule has 0 nitrogen and oxygen atoms in total. The second kappa shape index (κ2) is 4.22. The molecule has 0 saturated carbocycles. The summed E-state index contributed by atoms with van der Waals surface area (Å²) in [6.07, 6.45) is 0. The van der Waals surface area contributed by atoms with Gasteiger partial charge in [-0.25, -0.2) is 4.20 Å². The number of hydrogen-bond donors (Lipinski definition) is 0. The highest BCUT2D eigenvalue weighted by atomic mass is 32.4. The SMILES string of the molecule is [3H]P(F)PP. The summed E-state index contributed by atoms with van der Waals surface area (Å²) >= 11 is 0. The minimum Gasteiger partial charge on any atom is -0.226 e. The smallest absolute Gasteiger partial charge is 0.0991 e. The van der Waals surface area contributed by atoms with Gasteiger partial charge in [0.1, 0.15) is 0 Å². The summed E-state index contributed by atoms with van der Waals surface area (Å²) in [7, 11) is 0.427. The van der Waals surface area contributed by atoms with E-state index in [4.69, 9.17) is 1.28 Å². The third kappa shape index (κ3) is 3.22. The van der Waals surface area contributed by atoms with E-state index in [0.717, 1.165) is 0 Å². The van der Waals surface area contributed by atoms with Crippen molar-refractivity contribution in [2.24, 2.45) is 0 Å². The molecule has 3 atom stereocenters. The second-order valence-electron chi connectivity index (χ2n) is 0.214. The van der Waals surface area contributed by atoms with Gasteiger partial charge in [0, 0.05) is 0 Å². The van der Waals surface area contributed by atoms with Gasteiger partial charge >= 0.3 is 0 Å². The molecule has 3 unspecified atom stereocenters. The van der Waals surface area contributed by atoms with Crippen LogP contribution in [-0.2, 0) is 0 Å². The van der Waals surface area contributed by atoms with E-state index in [-0.39, 0.29) is 7.96 Å². The zero-order valence-corrected chi connectivity index (χ0v) is 4.95. The van der Waals surface area contributed by atoms with Gasteiger partial charge in [0.2, 0.25) is 0 Å². The molecular formula is H4FP3. The Kier molecular flexibility index (Phi) is 3.60. The molecular weight excluding hydrogens is 112 g/mol. The van der Waals surface area contributed by atoms with E-state index in [1.165, 1.54) is 0 Å². The lowest BCUT2D eigenvalue weighted by molar-refractivity contribution is 0.936. The van der Waals surface area contributed by atoms with Gasteiger partial charge < -0.3 is 0 Å². The summed E-state index contributed by atoms with van der Waals surface area (Å²) in [5.41, 5.74) is 0. The van der Waals surface area contributed by atoms with Crippen LogP contribution < -0.4 is 0 Å². The van der Waals surface area contributed by atoms with Gasteiger partial charge in [0.25, 0.3) is 0 Å². The molecule has 0 aliphatic heterocycles. The molecule has 0 bridgehead atoms. The van der Waals surface area contributed by atoms with Crippen LogP contribution in [0.4, 0.5) is 4.20 Å². The zero-order valence-electron chi connectivity index (χ0n) is 2.90. The normalized spacial score (nSPS) is 22.0. The van der Waals surface area contributed by atoms with Crippen LogP contribution in [0.2, 0.25) is 0 Å². The van der Waals surface area contributed by atoms with Crippen LogP contribution in [0.15, 0.2) is 0 Å². The fraction of sp³-hybridized carbons (Fsp3) is 0. The zero-order chi connectivity index (χ0) is 4.28. The quantitative estimate of drug-likeness (QED) is 0.461. The number of rotatable bonds is 1. The highest BCUT2D eigenvalue weighted by Crippen LogP contribution is 2.43. The van der Waals surface area contributed by atoms with Crippen LogP contribution in [0.3, 0.4) is 0 Å². The standard InChI is InChI=1S/FH4P3/c1-3-4-2/h3-4H,2H2/i3T. The van der Waals surface area contributed by atoms with Crippen molar-refractivity contribution in [1.29, 1.82) is 1.28 Å². The molecule has 0 N–H and O–H groups in total. The van der Waals surface area contributed by atoms with Gasteiger partial charge in [0.15, 0.2) is 0 Å². The van der Waals surface area contributed by atoms with E-state index in [0.29, 0.717) is 0 Å². The Morgan fingerprint density at radius 2 is 2.50 bits per heavy atom. The summed E-state index contributed by atoms with van der Waals surface area (Å²) in [5.74, 6) is 0. The third-order valence-electron chi connectivity index (χ3n) is 0.0488. The average Bonchev–Trinajstić information content (AvgIpc) is 1.38. The maximum atomic E-state index is 11.2. The molecule has 0 aromatic carbocycles. The predicted octanol–water partition coefficient (Wildman–Crippen LogP) is 1.93. The first kappa shape index (κ1) is 3.41. The van der Waals surface area contributed by atoms with Gasteiger partial charge in [-0.15, -0.1) is 8.93 Å². The highest BCUT2D eigenvalue weighted by molar-refractivity contribution is 8.37. The molecule has 0 aromatic heterocycles. The minimum atomic E-state index is -1.86. The Bertz CT molecular complexity index is 20.9. The molecule has 0 heterocycles. The van der Waals surface area contributed by atoms with E-state index in [2.05, 4.69) is 8.93 Å². The predicted molar refractivity (Wildman–Crippen MR) is 27.4 cm³/mol. The molecule has 0 rings (SSSR count). The maximum Gasteiger partial charge on any atom is 0.0991 e. The number of halogens is 1. The summed E-state index contributed by atoms with van der Waals surface area (Å²) in [4.78, 5) is 0. The van der Waals surface area contributed by atoms with Gasteiger partial charge in [-0.2, -0.15) is 0 Å². The van der Waals surface area contributed by atoms with Crippen molar-refractivity contribution in [3.05, 3.63) is 0 Å². The van der Waals surface area contributed by atoms with Gasteiger partial charge in [-0.05, 0) is 7.96 Å². The van der Waals surface area contributed by atoms with E-state index in [9.17, 15) is 4.20 Å². The van der Waals surface area contributed by atoms with Crippen LogP contribution >= 0.6 is 25.4 Å². The molecule has 0 saturated heterocycles. The first-order valence-electron chi connectivity index (χ1n) is 1.13. The molecule has 0 amide bonds.